The second kappa shape index (κ2) is 4.53. The normalized spacial score (nSPS) is 14.5. The van der Waals surface area contributed by atoms with Crippen molar-refractivity contribution in [2.75, 3.05) is 0 Å². The van der Waals surface area contributed by atoms with Crippen molar-refractivity contribution in [2.24, 2.45) is 5.73 Å². The first-order valence-electron chi connectivity index (χ1n) is 4.04. The third-order valence-corrected chi connectivity index (χ3v) is 2.62. The van der Waals surface area contributed by atoms with Gasteiger partial charge in [-0.3, -0.25) is 4.57 Å². The minimum Gasteiger partial charge on any atom is -0.323 e. The van der Waals surface area contributed by atoms with Gasteiger partial charge in [-0.2, -0.15) is 0 Å². The summed E-state index contributed by atoms with van der Waals surface area (Å²) in [6.07, 6.45) is 2.89. The van der Waals surface area contributed by atoms with Gasteiger partial charge in [-0.15, -0.1) is 0 Å². The van der Waals surface area contributed by atoms with Crippen molar-refractivity contribution in [2.45, 2.75) is 5.78 Å². The van der Waals surface area contributed by atoms with E-state index in [4.69, 9.17) is 15.5 Å². The minimum absolute atomic E-state index is 0.858. The zero-order chi connectivity index (χ0) is 10.6. The molecular weight excluding hydrogens is 201 g/mol. The number of benzene rings is 1. The Balaban J connectivity index is 2.70. The highest BCUT2D eigenvalue weighted by atomic mass is 31.2. The van der Waals surface area contributed by atoms with Gasteiger partial charge in [0, 0.05) is 0 Å². The summed E-state index contributed by atoms with van der Waals surface area (Å²) >= 11 is 0. The van der Waals surface area contributed by atoms with Crippen molar-refractivity contribution in [3.63, 3.8) is 0 Å². The first-order chi connectivity index (χ1) is 6.50. The van der Waals surface area contributed by atoms with Gasteiger partial charge >= 0.3 is 7.60 Å². The Morgan fingerprint density at radius 3 is 2.36 bits per heavy atom. The third-order valence-electron chi connectivity index (χ3n) is 1.67. The molecule has 0 aliphatic rings. The van der Waals surface area contributed by atoms with Crippen LogP contribution in [0.3, 0.4) is 0 Å². The molecular formula is C9H12NO3P. The Morgan fingerprint density at radius 2 is 1.86 bits per heavy atom. The van der Waals surface area contributed by atoms with Crippen LogP contribution in [0.4, 0.5) is 0 Å². The maximum atomic E-state index is 10.7. The molecule has 1 unspecified atom stereocenters. The van der Waals surface area contributed by atoms with Gasteiger partial charge in [0.05, 0.1) is 0 Å². The van der Waals surface area contributed by atoms with E-state index >= 15 is 0 Å². The van der Waals surface area contributed by atoms with Crippen molar-refractivity contribution in [1.29, 1.82) is 0 Å². The van der Waals surface area contributed by atoms with E-state index in [0.29, 0.717) is 0 Å². The molecule has 0 radical (unpaired) electrons. The summed E-state index contributed by atoms with van der Waals surface area (Å²) < 4.78 is 10.7. The average molecular weight is 213 g/mol. The van der Waals surface area contributed by atoms with Gasteiger partial charge in [0.1, 0.15) is 5.78 Å². The molecule has 0 aliphatic carbocycles. The zero-order valence-corrected chi connectivity index (χ0v) is 8.34. The Bertz CT molecular complexity index is 358. The lowest BCUT2D eigenvalue weighted by atomic mass is 10.2. The zero-order valence-electron chi connectivity index (χ0n) is 7.45. The Labute approximate surface area is 82.2 Å². The molecule has 76 valence electrons. The number of hydrogen-bond donors (Lipinski definition) is 3. The maximum Gasteiger partial charge on any atom is 0.346 e. The Morgan fingerprint density at radius 1 is 1.29 bits per heavy atom. The highest BCUT2D eigenvalue weighted by molar-refractivity contribution is 7.52. The van der Waals surface area contributed by atoms with Crippen LogP contribution in [0.15, 0.2) is 36.4 Å². The molecule has 1 aromatic rings. The predicted molar refractivity (Wildman–Crippen MR) is 55.5 cm³/mol. The number of rotatable bonds is 3. The molecule has 0 spiro atoms. The maximum absolute atomic E-state index is 10.7. The largest absolute Gasteiger partial charge is 0.346 e. The highest BCUT2D eigenvalue weighted by Gasteiger charge is 2.21. The minimum atomic E-state index is -4.20. The monoisotopic (exact) mass is 213 g/mol. The van der Waals surface area contributed by atoms with Gasteiger partial charge in [0.25, 0.3) is 0 Å². The van der Waals surface area contributed by atoms with E-state index in [9.17, 15) is 4.57 Å². The fourth-order valence-corrected chi connectivity index (χ4v) is 1.20. The van der Waals surface area contributed by atoms with E-state index in [0.717, 1.165) is 5.56 Å². The molecule has 1 aromatic carbocycles. The van der Waals surface area contributed by atoms with Crippen molar-refractivity contribution < 1.29 is 14.4 Å². The molecule has 0 aromatic heterocycles. The van der Waals surface area contributed by atoms with E-state index in [1.165, 1.54) is 6.08 Å². The molecule has 14 heavy (non-hydrogen) atoms. The standard InChI is InChI=1S/C9H12NO3P/c10-9(14(11,12)13)7-6-8-4-2-1-3-5-8/h1-7,9H,10H2,(H2,11,12,13)/b7-6+. The quantitative estimate of drug-likeness (QED) is 0.658. The third kappa shape index (κ3) is 3.44. The molecule has 1 rings (SSSR count). The van der Waals surface area contributed by atoms with E-state index in [-0.39, 0.29) is 0 Å². The first-order valence-corrected chi connectivity index (χ1v) is 5.72. The molecule has 1 atom stereocenters. The highest BCUT2D eigenvalue weighted by Crippen LogP contribution is 2.38. The SMILES string of the molecule is NC(/C=C/c1ccccc1)P(=O)(O)O. The molecule has 0 saturated carbocycles. The second-order valence-electron chi connectivity index (χ2n) is 2.85. The molecule has 4 N–H and O–H groups in total. The van der Waals surface area contributed by atoms with Crippen LogP contribution >= 0.6 is 7.60 Å². The Kier molecular flexibility index (Phi) is 3.61. The summed E-state index contributed by atoms with van der Waals surface area (Å²) in [5.74, 6) is -1.23. The summed E-state index contributed by atoms with van der Waals surface area (Å²) in [6.45, 7) is 0. The van der Waals surface area contributed by atoms with Crippen molar-refractivity contribution in [3.8, 4) is 0 Å². The van der Waals surface area contributed by atoms with Crippen LogP contribution in [0.1, 0.15) is 5.56 Å². The van der Waals surface area contributed by atoms with Gasteiger partial charge < -0.3 is 15.5 Å². The summed E-state index contributed by atoms with van der Waals surface area (Å²) in [6, 6.07) is 9.18. The first kappa shape index (κ1) is 11.1. The lowest BCUT2D eigenvalue weighted by Gasteiger charge is -2.07. The van der Waals surface area contributed by atoms with E-state index in [1.54, 1.807) is 6.08 Å². The van der Waals surface area contributed by atoms with Gasteiger partial charge in [-0.1, -0.05) is 42.5 Å². The number of nitrogens with two attached hydrogens (primary N) is 1. The fourth-order valence-electron chi connectivity index (χ4n) is 0.886. The van der Waals surface area contributed by atoms with Gasteiger partial charge in [0.2, 0.25) is 0 Å². The lowest BCUT2D eigenvalue weighted by molar-refractivity contribution is 0.366. The summed E-state index contributed by atoms with van der Waals surface area (Å²) in [5, 5.41) is 0. The van der Waals surface area contributed by atoms with Crippen LogP contribution in [-0.2, 0) is 4.57 Å². The van der Waals surface area contributed by atoms with Gasteiger partial charge in [-0.05, 0) is 5.56 Å². The van der Waals surface area contributed by atoms with E-state index in [2.05, 4.69) is 0 Å². The molecule has 0 saturated heterocycles. The van der Waals surface area contributed by atoms with Crippen molar-refractivity contribution in [1.82, 2.24) is 0 Å². The van der Waals surface area contributed by atoms with Crippen LogP contribution in [0.2, 0.25) is 0 Å². The average Bonchev–Trinajstić information content (AvgIpc) is 2.14. The molecule has 5 heteroatoms. The van der Waals surface area contributed by atoms with Crippen LogP contribution in [0, 0.1) is 0 Å². The molecule has 0 bridgehead atoms. The predicted octanol–water partition coefficient (Wildman–Crippen LogP) is 1.16. The van der Waals surface area contributed by atoms with Crippen LogP contribution < -0.4 is 5.73 Å². The summed E-state index contributed by atoms with van der Waals surface area (Å²) in [5.41, 5.74) is 6.11. The molecule has 4 nitrogen and oxygen atoms in total. The van der Waals surface area contributed by atoms with Crippen LogP contribution in [0.25, 0.3) is 6.08 Å². The second-order valence-corrected chi connectivity index (χ2v) is 4.62. The number of hydrogen-bond acceptors (Lipinski definition) is 2. The van der Waals surface area contributed by atoms with Gasteiger partial charge in [-0.25, -0.2) is 0 Å². The van der Waals surface area contributed by atoms with Crippen LogP contribution in [0.5, 0.6) is 0 Å². The molecule has 0 amide bonds. The topological polar surface area (TPSA) is 83.6 Å². The fraction of sp³-hybridized carbons (Fsp3) is 0.111. The molecule has 0 heterocycles. The van der Waals surface area contributed by atoms with Crippen molar-refractivity contribution >= 4 is 13.7 Å². The smallest absolute Gasteiger partial charge is 0.323 e. The Hall–Kier alpha value is -0.930. The lowest BCUT2D eigenvalue weighted by Crippen LogP contribution is -2.16. The van der Waals surface area contributed by atoms with Crippen molar-refractivity contribution in [3.05, 3.63) is 42.0 Å². The summed E-state index contributed by atoms with van der Waals surface area (Å²) in [7, 11) is -4.20. The van der Waals surface area contributed by atoms with Gasteiger partial charge in [0.15, 0.2) is 0 Å². The summed E-state index contributed by atoms with van der Waals surface area (Å²) in [4.78, 5) is 17.4. The molecule has 0 fully saturated rings. The van der Waals surface area contributed by atoms with Crippen LogP contribution in [-0.4, -0.2) is 15.6 Å². The van der Waals surface area contributed by atoms with E-state index < -0.39 is 13.4 Å². The molecule has 0 aliphatic heterocycles. The van der Waals surface area contributed by atoms with E-state index in [1.807, 2.05) is 30.3 Å².